The molecule has 1 aromatic heterocycles. The number of aliphatic carboxylic acids is 1. The molecule has 6 heteroatoms. The van der Waals surface area contributed by atoms with E-state index in [2.05, 4.69) is 15.0 Å². The number of rotatable bonds is 4. The van der Waals surface area contributed by atoms with Gasteiger partial charge in [-0.25, -0.2) is 4.98 Å². The van der Waals surface area contributed by atoms with E-state index < -0.39 is 22.7 Å². The fraction of sp³-hybridized carbons (Fsp3) is 0.308. The van der Waals surface area contributed by atoms with Gasteiger partial charge in [-0.05, 0) is 25.0 Å². The van der Waals surface area contributed by atoms with Crippen LogP contribution in [-0.4, -0.2) is 38.6 Å². The number of ketones is 1. The smallest absolute Gasteiger partial charge is 0.312 e. The van der Waals surface area contributed by atoms with Gasteiger partial charge in [-0.3, -0.25) is 19.6 Å². The molecule has 6 nitrogen and oxygen atoms in total. The minimum Gasteiger partial charge on any atom is -0.481 e. The SMILES string of the molecule is O=C(O)C1(C2(C(=O)c3cnccn3)C=CC=N2)CC1. The molecular weight excluding hydrogens is 246 g/mol. The van der Waals surface area contributed by atoms with Crippen LogP contribution in [0.2, 0.25) is 0 Å². The number of carbonyl (C=O) groups is 2. The van der Waals surface area contributed by atoms with Gasteiger partial charge in [-0.15, -0.1) is 0 Å². The third-order valence-corrected chi connectivity index (χ3v) is 3.73. The summed E-state index contributed by atoms with van der Waals surface area (Å²) in [6.07, 6.45) is 9.72. The number of Topliss-reactive ketones (excluding diaryl/α,β-unsaturated/α-hetero) is 1. The summed E-state index contributed by atoms with van der Waals surface area (Å²) in [6, 6.07) is 0. The maximum atomic E-state index is 12.6. The minimum atomic E-state index is -1.37. The first kappa shape index (κ1) is 11.7. The highest BCUT2D eigenvalue weighted by Gasteiger charge is 2.68. The van der Waals surface area contributed by atoms with Crippen molar-refractivity contribution in [3.63, 3.8) is 0 Å². The van der Waals surface area contributed by atoms with Gasteiger partial charge in [0.15, 0.2) is 5.54 Å². The zero-order chi connectivity index (χ0) is 13.5. The second kappa shape index (κ2) is 3.81. The summed E-state index contributed by atoms with van der Waals surface area (Å²) in [5.41, 5.74) is -2.36. The van der Waals surface area contributed by atoms with E-state index >= 15 is 0 Å². The monoisotopic (exact) mass is 257 g/mol. The van der Waals surface area contributed by atoms with E-state index in [4.69, 9.17) is 0 Å². The second-order valence-corrected chi connectivity index (χ2v) is 4.71. The summed E-state index contributed by atoms with van der Waals surface area (Å²) in [7, 11) is 0. The van der Waals surface area contributed by atoms with Crippen molar-refractivity contribution in [2.24, 2.45) is 10.4 Å². The van der Waals surface area contributed by atoms with Crippen molar-refractivity contribution in [2.75, 3.05) is 0 Å². The average Bonchev–Trinajstić information content (AvgIpc) is 3.12. The lowest BCUT2D eigenvalue weighted by Crippen LogP contribution is -2.47. The van der Waals surface area contributed by atoms with Crippen LogP contribution in [0.4, 0.5) is 0 Å². The molecule has 0 spiro atoms. The fourth-order valence-electron chi connectivity index (χ4n) is 2.52. The number of hydrogen-bond acceptors (Lipinski definition) is 5. The Morgan fingerprint density at radius 2 is 2.05 bits per heavy atom. The van der Waals surface area contributed by atoms with Gasteiger partial charge < -0.3 is 5.11 Å². The van der Waals surface area contributed by atoms with E-state index in [0.717, 1.165) is 0 Å². The van der Waals surface area contributed by atoms with Crippen molar-refractivity contribution in [3.8, 4) is 0 Å². The maximum absolute atomic E-state index is 12.6. The van der Waals surface area contributed by atoms with Gasteiger partial charge in [0.2, 0.25) is 5.78 Å². The van der Waals surface area contributed by atoms with Crippen molar-refractivity contribution >= 4 is 18.0 Å². The van der Waals surface area contributed by atoms with Crippen LogP contribution in [0.15, 0.2) is 35.7 Å². The first-order valence-electron chi connectivity index (χ1n) is 5.90. The largest absolute Gasteiger partial charge is 0.481 e. The molecule has 1 fully saturated rings. The third-order valence-electron chi connectivity index (χ3n) is 3.73. The molecule has 0 saturated heterocycles. The Labute approximate surface area is 108 Å². The number of aromatic nitrogens is 2. The Morgan fingerprint density at radius 3 is 2.53 bits per heavy atom. The molecule has 0 amide bonds. The number of carboxylic acids is 1. The van der Waals surface area contributed by atoms with Crippen LogP contribution in [0.1, 0.15) is 23.3 Å². The zero-order valence-electron chi connectivity index (χ0n) is 9.98. The van der Waals surface area contributed by atoms with Crippen molar-refractivity contribution in [1.82, 2.24) is 9.97 Å². The highest BCUT2D eigenvalue weighted by Crippen LogP contribution is 2.58. The molecule has 1 N–H and O–H groups in total. The summed E-state index contributed by atoms with van der Waals surface area (Å²) in [5.74, 6) is -1.40. The van der Waals surface area contributed by atoms with Gasteiger partial charge in [-0.1, -0.05) is 0 Å². The van der Waals surface area contributed by atoms with Crippen molar-refractivity contribution < 1.29 is 14.7 Å². The molecule has 1 atom stereocenters. The molecule has 0 aromatic carbocycles. The lowest BCUT2D eigenvalue weighted by molar-refractivity contribution is -0.144. The molecule has 1 unspecified atom stereocenters. The van der Waals surface area contributed by atoms with Crippen LogP contribution < -0.4 is 0 Å². The highest BCUT2D eigenvalue weighted by atomic mass is 16.4. The number of nitrogens with zero attached hydrogens (tertiary/aromatic N) is 3. The average molecular weight is 257 g/mol. The summed E-state index contributed by atoms with van der Waals surface area (Å²) < 4.78 is 0. The number of allylic oxidation sites excluding steroid dienone is 1. The predicted molar refractivity (Wildman–Crippen MR) is 66.0 cm³/mol. The molecule has 0 bridgehead atoms. The molecule has 1 aromatic rings. The van der Waals surface area contributed by atoms with Crippen molar-refractivity contribution in [1.29, 1.82) is 0 Å². The fourth-order valence-corrected chi connectivity index (χ4v) is 2.52. The molecule has 0 radical (unpaired) electrons. The van der Waals surface area contributed by atoms with Gasteiger partial charge in [-0.2, -0.15) is 0 Å². The van der Waals surface area contributed by atoms with Crippen LogP contribution in [-0.2, 0) is 4.79 Å². The number of carboxylic acid groups (broad SMARTS) is 1. The van der Waals surface area contributed by atoms with E-state index in [1.807, 2.05) is 0 Å². The Morgan fingerprint density at radius 1 is 1.26 bits per heavy atom. The van der Waals surface area contributed by atoms with E-state index in [1.165, 1.54) is 24.8 Å². The lowest BCUT2D eigenvalue weighted by Gasteiger charge is -2.28. The van der Waals surface area contributed by atoms with E-state index in [9.17, 15) is 14.7 Å². The third kappa shape index (κ3) is 1.46. The molecule has 2 aliphatic rings. The number of aliphatic imine (C=N–C) groups is 1. The first-order chi connectivity index (χ1) is 9.12. The van der Waals surface area contributed by atoms with E-state index in [0.29, 0.717) is 12.8 Å². The molecule has 19 heavy (non-hydrogen) atoms. The minimum absolute atomic E-state index is 0.138. The molecular formula is C13H11N3O3. The zero-order valence-corrected chi connectivity index (χ0v) is 9.98. The lowest BCUT2D eigenvalue weighted by atomic mass is 9.77. The summed E-state index contributed by atoms with van der Waals surface area (Å²) in [5, 5.41) is 9.43. The topological polar surface area (TPSA) is 92.5 Å². The Kier molecular flexibility index (Phi) is 2.35. The van der Waals surface area contributed by atoms with Gasteiger partial charge in [0, 0.05) is 18.6 Å². The van der Waals surface area contributed by atoms with Gasteiger partial charge in [0.25, 0.3) is 0 Å². The molecule has 2 heterocycles. The van der Waals surface area contributed by atoms with Crippen LogP contribution in [0.5, 0.6) is 0 Å². The van der Waals surface area contributed by atoms with E-state index in [-0.39, 0.29) is 5.69 Å². The van der Waals surface area contributed by atoms with Gasteiger partial charge in [0.05, 0.1) is 6.20 Å². The standard InChI is InChI=1S/C13H11N3O3/c17-10(9-8-14-6-7-15-9)13(2-1-5-16-13)12(3-4-12)11(18)19/h1-2,5-8H,3-4H2,(H,18,19). The predicted octanol–water partition coefficient (Wildman–Crippen LogP) is 0.903. The van der Waals surface area contributed by atoms with Gasteiger partial charge in [0.1, 0.15) is 11.1 Å². The van der Waals surface area contributed by atoms with Crippen LogP contribution in [0.25, 0.3) is 0 Å². The maximum Gasteiger partial charge on any atom is 0.312 e. The molecule has 3 rings (SSSR count). The molecule has 96 valence electrons. The Balaban J connectivity index is 2.09. The highest BCUT2D eigenvalue weighted by molar-refractivity contribution is 6.10. The summed E-state index contributed by atoms with van der Waals surface area (Å²) >= 11 is 0. The quantitative estimate of drug-likeness (QED) is 0.809. The normalized spacial score (nSPS) is 26.3. The number of carbonyl (C=O) groups excluding carboxylic acids is 1. The molecule has 1 aliphatic heterocycles. The van der Waals surface area contributed by atoms with Crippen molar-refractivity contribution in [3.05, 3.63) is 36.4 Å². The summed E-state index contributed by atoms with van der Waals surface area (Å²) in [4.78, 5) is 36.1. The van der Waals surface area contributed by atoms with Crippen LogP contribution >= 0.6 is 0 Å². The van der Waals surface area contributed by atoms with E-state index in [1.54, 1.807) is 12.2 Å². The summed E-state index contributed by atoms with van der Waals surface area (Å²) in [6.45, 7) is 0. The Bertz CT molecular complexity index is 591. The Hall–Kier alpha value is -2.37. The molecule has 1 aliphatic carbocycles. The second-order valence-electron chi connectivity index (χ2n) is 4.71. The van der Waals surface area contributed by atoms with Gasteiger partial charge >= 0.3 is 5.97 Å². The van der Waals surface area contributed by atoms with Crippen LogP contribution in [0, 0.1) is 5.41 Å². The molecule has 1 saturated carbocycles. The van der Waals surface area contributed by atoms with Crippen LogP contribution in [0.3, 0.4) is 0 Å². The number of hydrogen-bond donors (Lipinski definition) is 1. The van der Waals surface area contributed by atoms with Crippen molar-refractivity contribution in [2.45, 2.75) is 18.4 Å². The first-order valence-corrected chi connectivity index (χ1v) is 5.90.